The summed E-state index contributed by atoms with van der Waals surface area (Å²) in [5.41, 5.74) is 3.90. The molecule has 0 fully saturated rings. The lowest BCUT2D eigenvalue weighted by molar-refractivity contribution is 0.0702. The van der Waals surface area contributed by atoms with Crippen molar-refractivity contribution >= 4 is 46.0 Å². The molecule has 0 aliphatic heterocycles. The highest BCUT2D eigenvalue weighted by Gasteiger charge is 2.23. The molecule has 2 heterocycles. The lowest BCUT2D eigenvalue weighted by Crippen LogP contribution is -2.17. The van der Waals surface area contributed by atoms with Crippen molar-refractivity contribution in [2.45, 2.75) is 13.8 Å². The van der Waals surface area contributed by atoms with E-state index in [0.29, 0.717) is 11.3 Å². The lowest BCUT2D eigenvalue weighted by atomic mass is 10.1. The molecule has 4 rings (SSSR count). The topological polar surface area (TPSA) is 71.7 Å². The Kier molecular flexibility index (Phi) is 5.28. The second-order valence-corrected chi connectivity index (χ2v) is 8.23. The minimum atomic E-state index is -1.12. The van der Waals surface area contributed by atoms with E-state index in [-0.39, 0.29) is 20.6 Å². The smallest absolute Gasteiger partial charge is 0.348 e. The van der Waals surface area contributed by atoms with E-state index in [0.717, 1.165) is 28.0 Å². The van der Waals surface area contributed by atoms with Gasteiger partial charge in [0.05, 0.1) is 11.4 Å². The maximum atomic E-state index is 13.1. The number of hydrogen-bond acceptors (Lipinski definition) is 4. The molecule has 2 aromatic carbocycles. The third kappa shape index (κ3) is 3.56. The molecule has 1 N–H and O–H groups in total. The number of aromatic carboxylic acids is 1. The summed E-state index contributed by atoms with van der Waals surface area (Å²) in [5, 5.41) is 9.63. The fourth-order valence-electron chi connectivity index (χ4n) is 3.22. The maximum Gasteiger partial charge on any atom is 0.348 e. The number of carboxylic acid groups (broad SMARTS) is 1. The van der Waals surface area contributed by atoms with E-state index in [1.54, 1.807) is 30.3 Å². The molecular weight excluding hydrogens is 420 g/mol. The maximum absolute atomic E-state index is 13.1. The minimum absolute atomic E-state index is 0.0394. The number of aryl methyl sites for hydroxylation is 2. The van der Waals surface area contributed by atoms with Gasteiger partial charge in [0.1, 0.15) is 9.90 Å². The predicted molar refractivity (Wildman–Crippen MR) is 122 cm³/mol. The number of aromatic nitrogens is 2. The van der Waals surface area contributed by atoms with Crippen LogP contribution in [-0.4, -0.2) is 20.5 Å². The average Bonchev–Trinajstić information content (AvgIpc) is 3.12. The van der Waals surface area contributed by atoms with Gasteiger partial charge in [0.25, 0.3) is 5.56 Å². The second-order valence-electron chi connectivity index (χ2n) is 6.88. The van der Waals surface area contributed by atoms with Crippen LogP contribution in [-0.2, 0) is 0 Å². The largest absolute Gasteiger partial charge is 0.477 e. The van der Waals surface area contributed by atoms with Crippen LogP contribution in [0.1, 0.15) is 32.1 Å². The first-order valence-corrected chi connectivity index (χ1v) is 10.4. The molecule has 5 nitrogen and oxygen atoms in total. The number of fused-ring (bicyclic) bond motifs is 1. The van der Waals surface area contributed by atoms with Crippen LogP contribution >= 0.6 is 22.9 Å². The number of carboxylic acids is 1. The summed E-state index contributed by atoms with van der Waals surface area (Å²) in [5.74, 6) is -1.12. The van der Waals surface area contributed by atoms with Crippen molar-refractivity contribution in [2.24, 2.45) is 0 Å². The van der Waals surface area contributed by atoms with E-state index >= 15 is 0 Å². The van der Waals surface area contributed by atoms with Crippen molar-refractivity contribution in [2.75, 3.05) is 0 Å². The Hall–Kier alpha value is -3.22. The molecule has 7 heteroatoms. The molecule has 0 saturated heterocycles. The van der Waals surface area contributed by atoms with Crippen molar-refractivity contribution in [1.29, 1.82) is 0 Å². The molecule has 4 aromatic rings. The third-order valence-corrected chi connectivity index (χ3v) is 6.14. The zero-order valence-electron chi connectivity index (χ0n) is 16.2. The molecule has 0 saturated carbocycles. The number of hydrogen-bond donors (Lipinski definition) is 1. The molecule has 0 amide bonds. The van der Waals surface area contributed by atoms with Gasteiger partial charge in [0, 0.05) is 5.56 Å². The number of nitrogens with zero attached hydrogens (tertiary/aromatic N) is 2. The summed E-state index contributed by atoms with van der Waals surface area (Å²) < 4.78 is 1.28. The summed E-state index contributed by atoms with van der Waals surface area (Å²) in [6.07, 6.45) is 3.55. The van der Waals surface area contributed by atoms with Gasteiger partial charge in [-0.25, -0.2) is 14.2 Å². The van der Waals surface area contributed by atoms with Crippen LogP contribution in [0.3, 0.4) is 0 Å². The van der Waals surface area contributed by atoms with Crippen LogP contribution in [0.25, 0.3) is 28.4 Å². The summed E-state index contributed by atoms with van der Waals surface area (Å²) in [4.78, 5) is 29.7. The number of halogens is 1. The molecule has 0 unspecified atom stereocenters. The fraction of sp³-hybridized carbons (Fsp3) is 0.0870. The SMILES string of the molecule is Cc1ccc(C)c(C=Cc2nc3sc(C(=O)O)c(-c4ccccc4)n3c(=O)c2Cl)c1. The molecule has 150 valence electrons. The van der Waals surface area contributed by atoms with Crippen molar-refractivity contribution in [3.05, 3.63) is 91.2 Å². The summed E-state index contributed by atoms with van der Waals surface area (Å²) >= 11 is 7.32. The van der Waals surface area contributed by atoms with Crippen molar-refractivity contribution in [3.8, 4) is 11.3 Å². The van der Waals surface area contributed by atoms with Crippen LogP contribution in [0.15, 0.2) is 53.3 Å². The molecule has 0 aliphatic rings. The van der Waals surface area contributed by atoms with Crippen LogP contribution in [0.4, 0.5) is 0 Å². The quantitative estimate of drug-likeness (QED) is 0.454. The summed E-state index contributed by atoms with van der Waals surface area (Å²) in [7, 11) is 0. The highest BCUT2D eigenvalue weighted by Crippen LogP contribution is 2.31. The molecule has 30 heavy (non-hydrogen) atoms. The Morgan fingerprint density at radius 2 is 1.87 bits per heavy atom. The third-order valence-electron chi connectivity index (χ3n) is 4.75. The number of carbonyl (C=O) groups is 1. The van der Waals surface area contributed by atoms with Crippen molar-refractivity contribution < 1.29 is 9.90 Å². The van der Waals surface area contributed by atoms with Gasteiger partial charge in [0.15, 0.2) is 4.96 Å². The van der Waals surface area contributed by atoms with Crippen LogP contribution < -0.4 is 5.56 Å². The summed E-state index contributed by atoms with van der Waals surface area (Å²) in [6.45, 7) is 4.00. The first-order chi connectivity index (χ1) is 14.4. The summed E-state index contributed by atoms with van der Waals surface area (Å²) in [6, 6.07) is 15.0. The number of rotatable bonds is 4. The van der Waals surface area contributed by atoms with Gasteiger partial charge in [-0.1, -0.05) is 83.1 Å². The normalized spacial score (nSPS) is 11.4. The van der Waals surface area contributed by atoms with E-state index in [1.807, 2.05) is 44.2 Å². The second kappa shape index (κ2) is 7.89. The van der Waals surface area contributed by atoms with Gasteiger partial charge in [-0.15, -0.1) is 0 Å². The molecule has 0 spiro atoms. The molecule has 0 atom stereocenters. The Morgan fingerprint density at radius 3 is 2.57 bits per heavy atom. The molecule has 2 aromatic heterocycles. The van der Waals surface area contributed by atoms with E-state index in [9.17, 15) is 14.7 Å². The molecule has 0 aliphatic carbocycles. The van der Waals surface area contributed by atoms with Gasteiger partial charge < -0.3 is 5.11 Å². The molecule has 0 bridgehead atoms. The zero-order chi connectivity index (χ0) is 21.4. The van der Waals surface area contributed by atoms with Gasteiger partial charge in [-0.05, 0) is 31.1 Å². The Labute approximate surface area is 181 Å². The Balaban J connectivity index is 1.93. The fourth-order valence-corrected chi connectivity index (χ4v) is 4.40. The zero-order valence-corrected chi connectivity index (χ0v) is 17.8. The van der Waals surface area contributed by atoms with Crippen LogP contribution in [0, 0.1) is 13.8 Å². The number of benzene rings is 2. The van der Waals surface area contributed by atoms with E-state index in [2.05, 4.69) is 4.98 Å². The minimum Gasteiger partial charge on any atom is -0.477 e. The first kappa shape index (κ1) is 20.1. The molecule has 0 radical (unpaired) electrons. The van der Waals surface area contributed by atoms with Crippen molar-refractivity contribution in [1.82, 2.24) is 9.38 Å². The van der Waals surface area contributed by atoms with Gasteiger partial charge in [-0.3, -0.25) is 4.79 Å². The van der Waals surface area contributed by atoms with Gasteiger partial charge in [-0.2, -0.15) is 0 Å². The van der Waals surface area contributed by atoms with E-state index in [4.69, 9.17) is 11.6 Å². The monoisotopic (exact) mass is 436 g/mol. The average molecular weight is 437 g/mol. The van der Waals surface area contributed by atoms with Gasteiger partial charge >= 0.3 is 5.97 Å². The Bertz CT molecular complexity index is 1370. The van der Waals surface area contributed by atoms with Crippen LogP contribution in [0.2, 0.25) is 5.02 Å². The van der Waals surface area contributed by atoms with Crippen LogP contribution in [0.5, 0.6) is 0 Å². The van der Waals surface area contributed by atoms with E-state index < -0.39 is 11.5 Å². The standard InChI is InChI=1S/C23H17ClN2O3S/c1-13-8-9-14(2)16(12-13)10-11-17-18(24)21(27)26-19(15-6-4-3-5-7-15)20(22(28)29)30-23(26)25-17/h3-12H,1-2H3,(H,28,29). The molecular formula is C23H17ClN2O3S. The lowest BCUT2D eigenvalue weighted by Gasteiger charge is -2.05. The Morgan fingerprint density at radius 1 is 1.13 bits per heavy atom. The highest BCUT2D eigenvalue weighted by atomic mass is 35.5. The highest BCUT2D eigenvalue weighted by molar-refractivity contribution is 7.19. The number of thiazole rings is 1. The van der Waals surface area contributed by atoms with Gasteiger partial charge in [0.2, 0.25) is 0 Å². The van der Waals surface area contributed by atoms with E-state index in [1.165, 1.54) is 4.40 Å². The first-order valence-electron chi connectivity index (χ1n) is 9.16. The van der Waals surface area contributed by atoms with Crippen molar-refractivity contribution in [3.63, 3.8) is 0 Å². The predicted octanol–water partition coefficient (Wildman–Crippen LogP) is 5.56.